The number of rotatable bonds is 11. The monoisotopic (exact) mass is 301 g/mol. The molecule has 2 N–H and O–H groups in total. The lowest BCUT2D eigenvalue weighted by Crippen LogP contribution is -2.25. The second kappa shape index (κ2) is 10.9. The summed E-state index contributed by atoms with van der Waals surface area (Å²) in [5.74, 6) is 0. The zero-order chi connectivity index (χ0) is 14.6. The van der Waals surface area contributed by atoms with Crippen LogP contribution < -0.4 is 5.32 Å². The van der Waals surface area contributed by atoms with Gasteiger partial charge in [0.2, 0.25) is 0 Å². The van der Waals surface area contributed by atoms with Gasteiger partial charge in [-0.15, -0.1) is 0 Å². The van der Waals surface area contributed by atoms with Crippen molar-refractivity contribution in [2.24, 2.45) is 0 Å². The fourth-order valence-electron chi connectivity index (χ4n) is 1.55. The maximum absolute atomic E-state index is 9.75. The van der Waals surface area contributed by atoms with E-state index in [0.29, 0.717) is 31.4 Å². The van der Waals surface area contributed by atoms with Crippen molar-refractivity contribution < 1.29 is 14.6 Å². The summed E-state index contributed by atoms with van der Waals surface area (Å²) < 4.78 is 10.7. The summed E-state index contributed by atoms with van der Waals surface area (Å²) in [4.78, 5) is 0. The molecule has 0 fully saturated rings. The number of unbranched alkanes of at least 4 members (excludes halogenated alkanes) is 1. The Hall–Kier alpha value is -0.810. The first kappa shape index (κ1) is 17.2. The third-order valence-electron chi connectivity index (χ3n) is 2.71. The summed E-state index contributed by atoms with van der Waals surface area (Å²) in [5, 5.41) is 13.6. The highest BCUT2D eigenvalue weighted by atomic mass is 35.5. The summed E-state index contributed by atoms with van der Waals surface area (Å²) in [6, 6.07) is 7.36. The van der Waals surface area contributed by atoms with Crippen LogP contribution in [0.25, 0.3) is 0 Å². The molecule has 1 unspecified atom stereocenters. The standard InChI is InChI=1S/C15H24ClNO3/c1-2-3-8-19-9-10-20-12-15(18)11-17-14-6-4-13(16)5-7-14/h4-7,15,17-18H,2-3,8-12H2,1H3. The minimum Gasteiger partial charge on any atom is -0.389 e. The van der Waals surface area contributed by atoms with Gasteiger partial charge < -0.3 is 19.9 Å². The molecule has 0 heterocycles. The van der Waals surface area contributed by atoms with Crippen LogP contribution in [0.1, 0.15) is 19.8 Å². The van der Waals surface area contributed by atoms with E-state index in [1.165, 1.54) is 0 Å². The molecule has 0 saturated carbocycles. The minimum absolute atomic E-state index is 0.303. The normalized spacial score (nSPS) is 12.3. The topological polar surface area (TPSA) is 50.7 Å². The van der Waals surface area contributed by atoms with E-state index in [0.717, 1.165) is 25.1 Å². The van der Waals surface area contributed by atoms with E-state index in [2.05, 4.69) is 12.2 Å². The van der Waals surface area contributed by atoms with Gasteiger partial charge in [-0.05, 0) is 30.7 Å². The Morgan fingerprint density at radius 3 is 2.55 bits per heavy atom. The van der Waals surface area contributed by atoms with Crippen LogP contribution >= 0.6 is 11.6 Å². The average Bonchev–Trinajstić information content (AvgIpc) is 2.46. The predicted octanol–water partition coefficient (Wildman–Crippen LogP) is 2.95. The minimum atomic E-state index is -0.540. The Morgan fingerprint density at radius 2 is 1.85 bits per heavy atom. The molecule has 0 aliphatic heterocycles. The van der Waals surface area contributed by atoms with Crippen LogP contribution in [-0.4, -0.2) is 44.2 Å². The van der Waals surface area contributed by atoms with Gasteiger partial charge in [-0.2, -0.15) is 0 Å². The average molecular weight is 302 g/mol. The maximum Gasteiger partial charge on any atom is 0.0945 e. The molecule has 1 aromatic carbocycles. The number of aliphatic hydroxyl groups is 1. The van der Waals surface area contributed by atoms with Crippen LogP contribution in [0.2, 0.25) is 5.02 Å². The third kappa shape index (κ3) is 8.38. The van der Waals surface area contributed by atoms with Crippen LogP contribution in [-0.2, 0) is 9.47 Å². The number of halogens is 1. The highest BCUT2D eigenvalue weighted by molar-refractivity contribution is 6.30. The van der Waals surface area contributed by atoms with Crippen molar-refractivity contribution in [2.75, 3.05) is 38.3 Å². The summed E-state index contributed by atoms with van der Waals surface area (Å²) >= 11 is 5.80. The molecule has 0 aromatic heterocycles. The zero-order valence-corrected chi connectivity index (χ0v) is 12.7. The Labute approximate surface area is 126 Å². The molecule has 0 amide bonds. The molecule has 1 aromatic rings. The zero-order valence-electron chi connectivity index (χ0n) is 12.0. The van der Waals surface area contributed by atoms with Crippen molar-refractivity contribution in [1.82, 2.24) is 0 Å². The van der Waals surface area contributed by atoms with E-state index < -0.39 is 6.10 Å². The van der Waals surface area contributed by atoms with Gasteiger partial charge in [0.05, 0.1) is 25.9 Å². The lowest BCUT2D eigenvalue weighted by Gasteiger charge is -2.13. The molecular formula is C15H24ClNO3. The molecule has 1 atom stereocenters. The molecule has 20 heavy (non-hydrogen) atoms. The molecule has 0 aliphatic carbocycles. The Morgan fingerprint density at radius 1 is 1.15 bits per heavy atom. The van der Waals surface area contributed by atoms with Crippen molar-refractivity contribution in [3.8, 4) is 0 Å². The molecule has 4 nitrogen and oxygen atoms in total. The van der Waals surface area contributed by atoms with E-state index in [1.807, 2.05) is 12.1 Å². The van der Waals surface area contributed by atoms with Gasteiger partial charge in [-0.3, -0.25) is 0 Å². The van der Waals surface area contributed by atoms with Gasteiger partial charge >= 0.3 is 0 Å². The molecule has 5 heteroatoms. The van der Waals surface area contributed by atoms with Crippen molar-refractivity contribution in [2.45, 2.75) is 25.9 Å². The number of benzene rings is 1. The molecule has 0 spiro atoms. The van der Waals surface area contributed by atoms with Crippen molar-refractivity contribution in [1.29, 1.82) is 0 Å². The Balaban J connectivity index is 2.00. The van der Waals surface area contributed by atoms with E-state index in [9.17, 15) is 5.11 Å². The van der Waals surface area contributed by atoms with Crippen LogP contribution in [0, 0.1) is 0 Å². The molecule has 0 aliphatic rings. The van der Waals surface area contributed by atoms with Crippen LogP contribution in [0.4, 0.5) is 5.69 Å². The lowest BCUT2D eigenvalue weighted by molar-refractivity contribution is 0.00749. The summed E-state index contributed by atoms with van der Waals surface area (Å²) in [5.41, 5.74) is 0.927. The summed E-state index contributed by atoms with van der Waals surface area (Å²) in [6.45, 7) is 4.75. The second-order valence-electron chi connectivity index (χ2n) is 4.58. The first-order valence-electron chi connectivity index (χ1n) is 7.05. The maximum atomic E-state index is 9.75. The van der Waals surface area contributed by atoms with Gasteiger partial charge in [-0.25, -0.2) is 0 Å². The van der Waals surface area contributed by atoms with Gasteiger partial charge in [0, 0.05) is 23.9 Å². The van der Waals surface area contributed by atoms with E-state index in [4.69, 9.17) is 21.1 Å². The molecule has 1 rings (SSSR count). The van der Waals surface area contributed by atoms with Gasteiger partial charge in [-0.1, -0.05) is 24.9 Å². The second-order valence-corrected chi connectivity index (χ2v) is 5.02. The first-order valence-corrected chi connectivity index (χ1v) is 7.43. The largest absolute Gasteiger partial charge is 0.389 e. The number of nitrogens with one attached hydrogen (secondary N) is 1. The van der Waals surface area contributed by atoms with E-state index >= 15 is 0 Å². The Bertz CT molecular complexity index is 345. The fraction of sp³-hybridized carbons (Fsp3) is 0.600. The number of hydrogen-bond acceptors (Lipinski definition) is 4. The van der Waals surface area contributed by atoms with E-state index in [1.54, 1.807) is 12.1 Å². The van der Waals surface area contributed by atoms with Gasteiger partial charge in [0.15, 0.2) is 0 Å². The number of aliphatic hydroxyl groups excluding tert-OH is 1. The van der Waals surface area contributed by atoms with Crippen molar-refractivity contribution in [3.05, 3.63) is 29.3 Å². The van der Waals surface area contributed by atoms with Gasteiger partial charge in [0.25, 0.3) is 0 Å². The van der Waals surface area contributed by atoms with E-state index in [-0.39, 0.29) is 0 Å². The molecule has 114 valence electrons. The molecule has 0 radical (unpaired) electrons. The fourth-order valence-corrected chi connectivity index (χ4v) is 1.67. The number of hydrogen-bond donors (Lipinski definition) is 2. The quantitative estimate of drug-likeness (QED) is 0.617. The number of ether oxygens (including phenoxy) is 2. The van der Waals surface area contributed by atoms with Crippen LogP contribution in [0.15, 0.2) is 24.3 Å². The molecule has 0 bridgehead atoms. The van der Waals surface area contributed by atoms with Crippen LogP contribution in [0.3, 0.4) is 0 Å². The summed E-state index contributed by atoms with van der Waals surface area (Å²) in [6.07, 6.45) is 1.67. The van der Waals surface area contributed by atoms with Crippen molar-refractivity contribution >= 4 is 17.3 Å². The van der Waals surface area contributed by atoms with Crippen LogP contribution in [0.5, 0.6) is 0 Å². The molecular weight excluding hydrogens is 278 g/mol. The predicted molar refractivity (Wildman–Crippen MR) is 82.5 cm³/mol. The SMILES string of the molecule is CCCCOCCOCC(O)CNc1ccc(Cl)cc1. The highest BCUT2D eigenvalue weighted by Gasteiger charge is 2.04. The van der Waals surface area contributed by atoms with Crippen molar-refractivity contribution in [3.63, 3.8) is 0 Å². The third-order valence-corrected chi connectivity index (χ3v) is 2.96. The first-order chi connectivity index (χ1) is 9.72. The summed E-state index contributed by atoms with van der Waals surface area (Å²) in [7, 11) is 0. The van der Waals surface area contributed by atoms with Gasteiger partial charge in [0.1, 0.15) is 0 Å². The number of anilines is 1. The highest BCUT2D eigenvalue weighted by Crippen LogP contribution is 2.13. The smallest absolute Gasteiger partial charge is 0.0945 e. The lowest BCUT2D eigenvalue weighted by atomic mass is 10.3. The Kier molecular flexibility index (Phi) is 9.41. The molecule has 0 saturated heterocycles.